The molecule has 0 saturated carbocycles. The topological polar surface area (TPSA) is 66.8 Å². The van der Waals surface area contributed by atoms with Crippen LogP contribution in [0.25, 0.3) is 0 Å². The first-order valence-electron chi connectivity index (χ1n) is 6.68. The van der Waals surface area contributed by atoms with Crippen molar-refractivity contribution in [2.24, 2.45) is 0 Å². The van der Waals surface area contributed by atoms with Gasteiger partial charge in [-0.25, -0.2) is 8.42 Å². The second-order valence-corrected chi connectivity index (χ2v) is 6.33. The molecule has 1 atom stereocenters. The Morgan fingerprint density at radius 1 is 1.38 bits per heavy atom. The molecule has 116 valence electrons. The number of nitrogens with zero attached hydrogens (tertiary/aromatic N) is 1. The molecular weight excluding hydrogens is 290 g/mol. The summed E-state index contributed by atoms with van der Waals surface area (Å²) in [7, 11) is -2.13. The van der Waals surface area contributed by atoms with Gasteiger partial charge in [0, 0.05) is 25.3 Å². The van der Waals surface area contributed by atoms with Crippen molar-refractivity contribution in [2.45, 2.75) is 24.8 Å². The smallest absolute Gasteiger partial charge is 0.244 e. The van der Waals surface area contributed by atoms with Gasteiger partial charge in [0.05, 0.1) is 11.5 Å². The fourth-order valence-electron chi connectivity index (χ4n) is 2.10. The molecule has 0 aromatic heterocycles. The summed E-state index contributed by atoms with van der Waals surface area (Å²) in [5.41, 5.74) is 0.384. The van der Waals surface area contributed by atoms with Crippen LogP contribution in [0.3, 0.4) is 0 Å². The maximum absolute atomic E-state index is 12.8. The van der Waals surface area contributed by atoms with E-state index in [1.807, 2.05) is 0 Å². The van der Waals surface area contributed by atoms with Crippen molar-refractivity contribution in [3.05, 3.63) is 29.8 Å². The molecule has 1 aromatic rings. The molecule has 0 saturated heterocycles. The van der Waals surface area contributed by atoms with Crippen molar-refractivity contribution in [1.29, 1.82) is 0 Å². The number of rotatable bonds is 6. The number of aliphatic hydroxyl groups excluding tert-OH is 1. The van der Waals surface area contributed by atoms with Gasteiger partial charge in [0.15, 0.2) is 0 Å². The molecule has 1 N–H and O–H groups in total. The van der Waals surface area contributed by atoms with Gasteiger partial charge in [0.25, 0.3) is 0 Å². The molecule has 0 aliphatic carbocycles. The monoisotopic (exact) mass is 311 g/mol. The second-order valence-electron chi connectivity index (χ2n) is 4.47. The number of hydrogen-bond acceptors (Lipinski definition) is 4. The summed E-state index contributed by atoms with van der Waals surface area (Å²) in [4.78, 5) is 0.149. The van der Waals surface area contributed by atoms with Crippen LogP contribution in [0.5, 0.6) is 0 Å². The first kappa shape index (κ1) is 17.7. The Morgan fingerprint density at radius 2 is 2.05 bits per heavy atom. The Labute approximate surface area is 126 Å². The third-order valence-electron chi connectivity index (χ3n) is 2.99. The van der Waals surface area contributed by atoms with Crippen LogP contribution in [0.1, 0.15) is 19.4 Å². The van der Waals surface area contributed by atoms with Crippen LogP contribution in [-0.4, -0.2) is 50.7 Å². The SMILES string of the molecule is CCN(C(C)COC)S(=O)(=O)c1ccccc1C#CCO. The third-order valence-corrected chi connectivity index (χ3v) is 5.13. The average Bonchev–Trinajstić information content (AvgIpc) is 2.46. The molecular formula is C15H21NO4S. The van der Waals surface area contributed by atoms with E-state index in [0.29, 0.717) is 18.7 Å². The first-order valence-corrected chi connectivity index (χ1v) is 8.12. The molecule has 0 spiro atoms. The van der Waals surface area contributed by atoms with Crippen molar-refractivity contribution in [3.63, 3.8) is 0 Å². The van der Waals surface area contributed by atoms with Crippen molar-refractivity contribution in [3.8, 4) is 11.8 Å². The van der Waals surface area contributed by atoms with Gasteiger partial charge in [-0.2, -0.15) is 4.31 Å². The first-order chi connectivity index (χ1) is 9.98. The molecule has 0 amide bonds. The molecule has 0 heterocycles. The van der Waals surface area contributed by atoms with E-state index in [2.05, 4.69) is 11.8 Å². The van der Waals surface area contributed by atoms with E-state index in [1.54, 1.807) is 32.0 Å². The average molecular weight is 311 g/mol. The highest BCUT2D eigenvalue weighted by Gasteiger charge is 2.29. The summed E-state index contributed by atoms with van der Waals surface area (Å²) in [5, 5.41) is 8.78. The van der Waals surface area contributed by atoms with Gasteiger partial charge in [-0.3, -0.25) is 0 Å². The maximum atomic E-state index is 12.8. The van der Waals surface area contributed by atoms with Gasteiger partial charge in [0.2, 0.25) is 10.0 Å². The van der Waals surface area contributed by atoms with Crippen molar-refractivity contribution < 1.29 is 18.3 Å². The van der Waals surface area contributed by atoms with Gasteiger partial charge < -0.3 is 9.84 Å². The normalized spacial score (nSPS) is 12.8. The zero-order valence-electron chi connectivity index (χ0n) is 12.5. The molecule has 0 fully saturated rings. The van der Waals surface area contributed by atoms with Crippen LogP contribution >= 0.6 is 0 Å². The highest BCUT2D eigenvalue weighted by Crippen LogP contribution is 2.21. The van der Waals surface area contributed by atoms with Crippen LogP contribution in [0.2, 0.25) is 0 Å². The van der Waals surface area contributed by atoms with Gasteiger partial charge in [0.1, 0.15) is 6.61 Å². The Bertz CT molecular complexity index is 616. The van der Waals surface area contributed by atoms with Gasteiger partial charge in [-0.05, 0) is 19.1 Å². The number of likely N-dealkylation sites (N-methyl/N-ethyl adjacent to an activating group) is 1. The van der Waals surface area contributed by atoms with E-state index in [0.717, 1.165) is 0 Å². The predicted octanol–water partition coefficient (Wildman–Crippen LogP) is 1.08. The quantitative estimate of drug-likeness (QED) is 0.798. The minimum atomic E-state index is -3.66. The largest absolute Gasteiger partial charge is 0.384 e. The summed E-state index contributed by atoms with van der Waals surface area (Å²) < 4.78 is 32.0. The molecule has 5 nitrogen and oxygen atoms in total. The van der Waals surface area contributed by atoms with Crippen molar-refractivity contribution in [2.75, 3.05) is 26.9 Å². The lowest BCUT2D eigenvalue weighted by molar-refractivity contribution is 0.142. The molecule has 1 unspecified atom stereocenters. The molecule has 1 rings (SSSR count). The highest BCUT2D eigenvalue weighted by atomic mass is 32.2. The maximum Gasteiger partial charge on any atom is 0.244 e. The lowest BCUT2D eigenvalue weighted by Gasteiger charge is -2.27. The molecule has 0 aliphatic rings. The fourth-order valence-corrected chi connectivity index (χ4v) is 3.87. The molecule has 1 aromatic carbocycles. The van der Waals surface area contributed by atoms with Crippen molar-refractivity contribution in [1.82, 2.24) is 4.31 Å². The minimum absolute atomic E-state index is 0.149. The standard InChI is InChI=1S/C15H21NO4S/c1-4-16(13(2)12-20-3)21(18,19)15-10-6-5-8-14(15)9-7-11-17/h5-6,8,10,13,17H,4,11-12H2,1-3H3. The zero-order chi connectivity index (χ0) is 15.9. The Hall–Kier alpha value is -1.39. The number of sulfonamides is 1. The minimum Gasteiger partial charge on any atom is -0.384 e. The fraction of sp³-hybridized carbons (Fsp3) is 0.467. The zero-order valence-corrected chi connectivity index (χ0v) is 13.4. The van der Waals surface area contributed by atoms with E-state index in [-0.39, 0.29) is 17.5 Å². The van der Waals surface area contributed by atoms with Crippen LogP contribution < -0.4 is 0 Å². The lowest BCUT2D eigenvalue weighted by atomic mass is 10.2. The van der Waals surface area contributed by atoms with E-state index in [9.17, 15) is 8.42 Å². The summed E-state index contributed by atoms with van der Waals surface area (Å²) in [6.45, 7) is 3.93. The summed E-state index contributed by atoms with van der Waals surface area (Å²) in [6.07, 6.45) is 0. The molecule has 0 radical (unpaired) electrons. The lowest BCUT2D eigenvalue weighted by Crippen LogP contribution is -2.41. The Morgan fingerprint density at radius 3 is 2.62 bits per heavy atom. The predicted molar refractivity (Wildman–Crippen MR) is 81.3 cm³/mol. The van der Waals surface area contributed by atoms with Gasteiger partial charge in [-0.15, -0.1) is 0 Å². The van der Waals surface area contributed by atoms with E-state index in [1.165, 1.54) is 17.5 Å². The van der Waals surface area contributed by atoms with E-state index >= 15 is 0 Å². The number of benzene rings is 1. The van der Waals surface area contributed by atoms with Crippen LogP contribution in [0.4, 0.5) is 0 Å². The van der Waals surface area contributed by atoms with Gasteiger partial charge in [-0.1, -0.05) is 30.9 Å². The molecule has 6 heteroatoms. The number of ether oxygens (including phenoxy) is 1. The van der Waals surface area contributed by atoms with Crippen LogP contribution in [0.15, 0.2) is 29.2 Å². The van der Waals surface area contributed by atoms with E-state index in [4.69, 9.17) is 9.84 Å². The Kier molecular flexibility index (Phi) is 6.85. The molecule has 0 bridgehead atoms. The molecule has 0 aliphatic heterocycles. The highest BCUT2D eigenvalue weighted by molar-refractivity contribution is 7.89. The van der Waals surface area contributed by atoms with E-state index < -0.39 is 10.0 Å². The summed E-state index contributed by atoms with van der Waals surface area (Å²) in [6, 6.07) is 6.26. The Balaban J connectivity index is 3.29. The van der Waals surface area contributed by atoms with Crippen molar-refractivity contribution >= 4 is 10.0 Å². The summed E-state index contributed by atoms with van der Waals surface area (Å²) in [5.74, 6) is 5.17. The number of methoxy groups -OCH3 is 1. The number of aliphatic hydroxyl groups is 1. The number of hydrogen-bond donors (Lipinski definition) is 1. The van der Waals surface area contributed by atoms with Crippen LogP contribution in [-0.2, 0) is 14.8 Å². The third kappa shape index (κ3) is 4.29. The molecule has 21 heavy (non-hydrogen) atoms. The van der Waals surface area contributed by atoms with Crippen LogP contribution in [0, 0.1) is 11.8 Å². The summed E-state index contributed by atoms with van der Waals surface area (Å²) >= 11 is 0. The second kappa shape index (κ2) is 8.15. The van der Waals surface area contributed by atoms with Gasteiger partial charge >= 0.3 is 0 Å².